The first-order chi connectivity index (χ1) is 11.1. The summed E-state index contributed by atoms with van der Waals surface area (Å²) < 4.78 is 2.12. The Morgan fingerprint density at radius 3 is 2.57 bits per heavy atom. The van der Waals surface area contributed by atoms with Crippen LogP contribution in [0.4, 0.5) is 5.69 Å². The zero-order valence-electron chi connectivity index (χ0n) is 13.4. The van der Waals surface area contributed by atoms with Crippen LogP contribution in [0.25, 0.3) is 11.0 Å². The van der Waals surface area contributed by atoms with E-state index >= 15 is 0 Å². The fourth-order valence-corrected chi connectivity index (χ4v) is 3.38. The number of carbonyl (C=O) groups is 1. The van der Waals surface area contributed by atoms with Crippen LogP contribution < -0.4 is 4.90 Å². The lowest BCUT2D eigenvalue weighted by Gasteiger charge is -2.17. The SMILES string of the molecule is Cc1ccc(N2C[C@H](c3nc4ccccc4n3C)CC2=O)cc1. The van der Waals surface area contributed by atoms with E-state index in [-0.39, 0.29) is 11.8 Å². The Bertz CT molecular complexity index is 879. The van der Waals surface area contributed by atoms with Crippen molar-refractivity contribution in [1.82, 2.24) is 9.55 Å². The number of hydrogen-bond acceptors (Lipinski definition) is 2. The van der Waals surface area contributed by atoms with Gasteiger partial charge in [-0.05, 0) is 31.2 Å². The van der Waals surface area contributed by atoms with E-state index in [9.17, 15) is 4.79 Å². The quantitative estimate of drug-likeness (QED) is 0.728. The summed E-state index contributed by atoms with van der Waals surface area (Å²) in [5, 5.41) is 0. The molecule has 1 atom stereocenters. The lowest BCUT2D eigenvalue weighted by molar-refractivity contribution is -0.117. The minimum atomic E-state index is 0.140. The van der Waals surface area contributed by atoms with Gasteiger partial charge in [0.25, 0.3) is 0 Å². The number of nitrogens with zero attached hydrogens (tertiary/aromatic N) is 3. The van der Waals surface area contributed by atoms with Crippen LogP contribution in [0.1, 0.15) is 23.7 Å². The third-order valence-corrected chi connectivity index (χ3v) is 4.66. The van der Waals surface area contributed by atoms with Crippen LogP contribution >= 0.6 is 0 Å². The summed E-state index contributed by atoms with van der Waals surface area (Å²) in [6.07, 6.45) is 0.519. The van der Waals surface area contributed by atoms with Gasteiger partial charge >= 0.3 is 0 Å². The molecule has 4 rings (SSSR count). The maximum absolute atomic E-state index is 12.5. The maximum Gasteiger partial charge on any atom is 0.227 e. The van der Waals surface area contributed by atoms with Crippen molar-refractivity contribution >= 4 is 22.6 Å². The van der Waals surface area contributed by atoms with E-state index < -0.39 is 0 Å². The Labute approximate surface area is 135 Å². The summed E-state index contributed by atoms with van der Waals surface area (Å²) in [7, 11) is 2.03. The fraction of sp³-hybridized carbons (Fsp3) is 0.263. The first kappa shape index (κ1) is 14.0. The molecule has 1 amide bonds. The van der Waals surface area contributed by atoms with Gasteiger partial charge in [0, 0.05) is 31.6 Å². The molecule has 0 saturated carbocycles. The number of hydrogen-bond donors (Lipinski definition) is 0. The normalized spacial score (nSPS) is 18.1. The van der Waals surface area contributed by atoms with E-state index in [1.807, 2.05) is 54.4 Å². The van der Waals surface area contributed by atoms with Gasteiger partial charge in [0.15, 0.2) is 0 Å². The highest BCUT2D eigenvalue weighted by Crippen LogP contribution is 2.32. The number of carbonyl (C=O) groups excluding carboxylic acids is 1. The number of fused-ring (bicyclic) bond motifs is 1. The van der Waals surface area contributed by atoms with Crippen molar-refractivity contribution in [2.24, 2.45) is 7.05 Å². The smallest absolute Gasteiger partial charge is 0.227 e. The largest absolute Gasteiger partial charge is 0.331 e. The first-order valence-corrected chi connectivity index (χ1v) is 7.92. The molecule has 1 fully saturated rings. The van der Waals surface area contributed by atoms with Gasteiger partial charge in [-0.1, -0.05) is 29.8 Å². The van der Waals surface area contributed by atoms with Crippen molar-refractivity contribution in [2.45, 2.75) is 19.3 Å². The number of aryl methyl sites for hydroxylation is 2. The lowest BCUT2D eigenvalue weighted by atomic mass is 10.1. The van der Waals surface area contributed by atoms with Crippen LogP contribution in [-0.4, -0.2) is 22.0 Å². The summed E-state index contributed by atoms with van der Waals surface area (Å²) in [6, 6.07) is 16.2. The lowest BCUT2D eigenvalue weighted by Crippen LogP contribution is -2.24. The Morgan fingerprint density at radius 1 is 1.09 bits per heavy atom. The van der Waals surface area contributed by atoms with E-state index in [2.05, 4.69) is 17.6 Å². The highest BCUT2D eigenvalue weighted by atomic mass is 16.2. The van der Waals surface area contributed by atoms with Crippen LogP contribution in [0.2, 0.25) is 0 Å². The van der Waals surface area contributed by atoms with Gasteiger partial charge < -0.3 is 9.47 Å². The standard InChI is InChI=1S/C19H19N3O/c1-13-7-9-15(10-8-13)22-12-14(11-18(22)23)19-20-16-5-3-4-6-17(16)21(19)2/h3-10,14H,11-12H2,1-2H3/t14-/m1/s1. The van der Waals surface area contributed by atoms with E-state index in [4.69, 9.17) is 4.98 Å². The summed E-state index contributed by atoms with van der Waals surface area (Å²) in [4.78, 5) is 19.1. The van der Waals surface area contributed by atoms with Gasteiger partial charge in [0.2, 0.25) is 5.91 Å². The van der Waals surface area contributed by atoms with Crippen molar-refractivity contribution < 1.29 is 4.79 Å². The highest BCUT2D eigenvalue weighted by molar-refractivity contribution is 5.96. The van der Waals surface area contributed by atoms with Crippen LogP contribution in [0.5, 0.6) is 0 Å². The Balaban J connectivity index is 1.67. The molecule has 4 nitrogen and oxygen atoms in total. The van der Waals surface area contributed by atoms with Crippen molar-refractivity contribution in [3.8, 4) is 0 Å². The molecule has 1 aromatic heterocycles. The molecular formula is C19H19N3O. The molecule has 1 aliphatic heterocycles. The molecule has 0 bridgehead atoms. The maximum atomic E-state index is 12.5. The van der Waals surface area contributed by atoms with Crippen LogP contribution in [-0.2, 0) is 11.8 Å². The van der Waals surface area contributed by atoms with Crippen molar-refractivity contribution in [3.05, 3.63) is 59.9 Å². The molecular weight excluding hydrogens is 286 g/mol. The predicted octanol–water partition coefficient (Wildman–Crippen LogP) is 3.40. The van der Waals surface area contributed by atoms with E-state index in [0.29, 0.717) is 13.0 Å². The van der Waals surface area contributed by atoms with E-state index in [1.54, 1.807) is 0 Å². The van der Waals surface area contributed by atoms with Crippen LogP contribution in [0.3, 0.4) is 0 Å². The molecule has 4 heteroatoms. The Kier molecular flexibility index (Phi) is 3.18. The monoisotopic (exact) mass is 305 g/mol. The molecule has 0 spiro atoms. The zero-order chi connectivity index (χ0) is 16.0. The van der Waals surface area contributed by atoms with Crippen LogP contribution in [0.15, 0.2) is 48.5 Å². The summed E-state index contributed by atoms with van der Waals surface area (Å²) in [5.74, 6) is 1.31. The highest BCUT2D eigenvalue weighted by Gasteiger charge is 2.34. The average molecular weight is 305 g/mol. The van der Waals surface area contributed by atoms with Crippen molar-refractivity contribution in [2.75, 3.05) is 11.4 Å². The Morgan fingerprint density at radius 2 is 1.83 bits per heavy atom. The molecule has 116 valence electrons. The number of anilines is 1. The molecule has 0 aliphatic carbocycles. The summed E-state index contributed by atoms with van der Waals surface area (Å²) in [6.45, 7) is 2.75. The minimum Gasteiger partial charge on any atom is -0.331 e. The number of benzene rings is 2. The first-order valence-electron chi connectivity index (χ1n) is 7.92. The van der Waals surface area contributed by atoms with Gasteiger partial charge in [-0.2, -0.15) is 0 Å². The molecule has 2 aromatic carbocycles. The number of para-hydroxylation sites is 2. The van der Waals surface area contributed by atoms with Gasteiger partial charge in [-0.15, -0.1) is 0 Å². The van der Waals surface area contributed by atoms with Gasteiger partial charge in [0.05, 0.1) is 11.0 Å². The van der Waals surface area contributed by atoms with Crippen molar-refractivity contribution in [3.63, 3.8) is 0 Å². The minimum absolute atomic E-state index is 0.140. The molecule has 1 aliphatic rings. The third-order valence-electron chi connectivity index (χ3n) is 4.66. The topological polar surface area (TPSA) is 38.1 Å². The second kappa shape index (κ2) is 5.23. The number of imidazole rings is 1. The molecule has 0 N–H and O–H groups in total. The molecule has 0 unspecified atom stereocenters. The number of rotatable bonds is 2. The van der Waals surface area contributed by atoms with E-state index in [1.165, 1.54) is 5.56 Å². The van der Waals surface area contributed by atoms with Crippen LogP contribution in [0, 0.1) is 6.92 Å². The van der Waals surface area contributed by atoms with Crippen molar-refractivity contribution in [1.29, 1.82) is 0 Å². The molecule has 0 radical (unpaired) electrons. The number of amides is 1. The number of aromatic nitrogens is 2. The molecule has 1 saturated heterocycles. The Hall–Kier alpha value is -2.62. The van der Waals surface area contributed by atoms with Gasteiger partial charge in [-0.3, -0.25) is 4.79 Å². The molecule has 23 heavy (non-hydrogen) atoms. The summed E-state index contributed by atoms with van der Waals surface area (Å²) >= 11 is 0. The fourth-order valence-electron chi connectivity index (χ4n) is 3.38. The molecule has 2 heterocycles. The van der Waals surface area contributed by atoms with Gasteiger partial charge in [-0.25, -0.2) is 4.98 Å². The second-order valence-corrected chi connectivity index (χ2v) is 6.26. The average Bonchev–Trinajstić information content (AvgIpc) is 3.09. The van der Waals surface area contributed by atoms with E-state index in [0.717, 1.165) is 22.5 Å². The summed E-state index contributed by atoms with van der Waals surface area (Å²) in [5.41, 5.74) is 4.28. The predicted molar refractivity (Wildman–Crippen MR) is 91.6 cm³/mol. The zero-order valence-corrected chi connectivity index (χ0v) is 13.4. The van der Waals surface area contributed by atoms with Gasteiger partial charge in [0.1, 0.15) is 5.82 Å². The molecule has 3 aromatic rings. The second-order valence-electron chi connectivity index (χ2n) is 6.26. The third kappa shape index (κ3) is 2.31.